The smallest absolute Gasteiger partial charge is 0.243 e. The maximum Gasteiger partial charge on any atom is 0.243 e. The first-order valence-electron chi connectivity index (χ1n) is 11.7. The van der Waals surface area contributed by atoms with Gasteiger partial charge in [0, 0.05) is 24.2 Å². The van der Waals surface area contributed by atoms with Gasteiger partial charge in [0.1, 0.15) is 0 Å². The van der Waals surface area contributed by atoms with Gasteiger partial charge in [-0.1, -0.05) is 42.8 Å². The quantitative estimate of drug-likeness (QED) is 0.453. The van der Waals surface area contributed by atoms with E-state index in [1.54, 1.807) is 28.6 Å². The molecule has 2 heterocycles. The average Bonchev–Trinajstić information content (AvgIpc) is 3.10. The Kier molecular flexibility index (Phi) is 7.60. The van der Waals surface area contributed by atoms with Gasteiger partial charge >= 0.3 is 0 Å². The van der Waals surface area contributed by atoms with Crippen molar-refractivity contribution in [2.24, 2.45) is 0 Å². The molecule has 1 unspecified atom stereocenters. The maximum absolute atomic E-state index is 13.0. The van der Waals surface area contributed by atoms with Crippen molar-refractivity contribution < 1.29 is 13.2 Å². The molecule has 1 N–H and O–H groups in total. The van der Waals surface area contributed by atoms with E-state index in [9.17, 15) is 13.2 Å². The molecule has 4 rings (SSSR count). The number of para-hydroxylation sites is 1. The number of rotatable bonds is 6. The number of aromatic nitrogens is 1. The number of carbonyl (C=O) groups excluding carboxylic acids is 1. The largest absolute Gasteiger partial charge is 0.325 e. The van der Waals surface area contributed by atoms with Crippen LogP contribution in [-0.2, 0) is 14.8 Å². The summed E-state index contributed by atoms with van der Waals surface area (Å²) in [7, 11) is -3.51. The Labute approximate surface area is 206 Å². The first-order valence-corrected chi connectivity index (χ1v) is 14.0. The van der Waals surface area contributed by atoms with Crippen LogP contribution < -0.4 is 5.32 Å². The fourth-order valence-electron chi connectivity index (χ4n) is 4.21. The molecular weight excluding hydrogens is 466 g/mol. The summed E-state index contributed by atoms with van der Waals surface area (Å²) in [6, 6.07) is 14.6. The summed E-state index contributed by atoms with van der Waals surface area (Å²) in [5.74, 6) is -0.155. The van der Waals surface area contributed by atoms with Gasteiger partial charge in [-0.2, -0.15) is 4.31 Å². The zero-order valence-electron chi connectivity index (χ0n) is 19.9. The molecule has 0 aliphatic carbocycles. The van der Waals surface area contributed by atoms with Crippen LogP contribution in [0.25, 0.3) is 10.9 Å². The van der Waals surface area contributed by atoms with E-state index in [0.717, 1.165) is 52.7 Å². The second kappa shape index (κ2) is 10.5. The van der Waals surface area contributed by atoms with Gasteiger partial charge in [0.15, 0.2) is 0 Å². The minimum Gasteiger partial charge on any atom is -0.325 e. The molecule has 180 valence electrons. The van der Waals surface area contributed by atoms with Crippen LogP contribution in [0.3, 0.4) is 0 Å². The Balaban J connectivity index is 1.42. The van der Waals surface area contributed by atoms with Crippen LogP contribution in [-0.4, -0.2) is 42.0 Å². The van der Waals surface area contributed by atoms with E-state index in [-0.39, 0.29) is 16.1 Å². The summed E-state index contributed by atoms with van der Waals surface area (Å²) in [4.78, 5) is 17.8. The minimum atomic E-state index is -3.51. The van der Waals surface area contributed by atoms with Crippen LogP contribution in [0.1, 0.15) is 43.7 Å². The Morgan fingerprint density at radius 3 is 2.35 bits per heavy atom. The van der Waals surface area contributed by atoms with Crippen molar-refractivity contribution in [3.05, 3.63) is 59.7 Å². The van der Waals surface area contributed by atoms with Gasteiger partial charge in [-0.25, -0.2) is 13.4 Å². The third kappa shape index (κ3) is 5.45. The number of nitrogens with zero attached hydrogens (tertiary/aromatic N) is 2. The molecular formula is C26H31N3O3S2. The van der Waals surface area contributed by atoms with E-state index >= 15 is 0 Å². The molecule has 0 saturated carbocycles. The van der Waals surface area contributed by atoms with E-state index in [2.05, 4.69) is 18.3 Å². The van der Waals surface area contributed by atoms with Crippen molar-refractivity contribution in [2.75, 3.05) is 18.4 Å². The lowest BCUT2D eigenvalue weighted by Crippen LogP contribution is -2.31. The Bertz CT molecular complexity index is 1280. The maximum atomic E-state index is 13.0. The molecule has 0 bridgehead atoms. The van der Waals surface area contributed by atoms with Gasteiger partial charge in [-0.3, -0.25) is 4.79 Å². The Hall–Kier alpha value is -2.42. The third-order valence-electron chi connectivity index (χ3n) is 6.22. The number of carbonyl (C=O) groups is 1. The summed E-state index contributed by atoms with van der Waals surface area (Å²) in [6.07, 6.45) is 3.93. The average molecular weight is 498 g/mol. The van der Waals surface area contributed by atoms with Crippen molar-refractivity contribution in [1.82, 2.24) is 9.29 Å². The molecule has 8 heteroatoms. The number of hydrogen-bond donors (Lipinski definition) is 1. The number of sulfonamides is 1. The van der Waals surface area contributed by atoms with Gasteiger partial charge in [-0.15, -0.1) is 0 Å². The lowest BCUT2D eigenvalue weighted by molar-refractivity contribution is -0.115. The fourth-order valence-corrected chi connectivity index (χ4v) is 6.65. The second-order valence-corrected chi connectivity index (χ2v) is 12.1. The summed E-state index contributed by atoms with van der Waals surface area (Å²) in [5.41, 5.74) is 3.77. The number of thioether (sulfide) groups is 1. The van der Waals surface area contributed by atoms with E-state index in [4.69, 9.17) is 4.98 Å². The Morgan fingerprint density at radius 1 is 1.00 bits per heavy atom. The van der Waals surface area contributed by atoms with Gasteiger partial charge in [0.05, 0.1) is 20.7 Å². The van der Waals surface area contributed by atoms with E-state index in [0.29, 0.717) is 18.8 Å². The van der Waals surface area contributed by atoms with Crippen LogP contribution in [0.4, 0.5) is 5.69 Å². The fraction of sp³-hybridized carbons (Fsp3) is 0.385. The molecule has 1 fully saturated rings. The molecule has 2 aromatic carbocycles. The molecule has 0 radical (unpaired) electrons. The van der Waals surface area contributed by atoms with Gasteiger partial charge in [0.25, 0.3) is 0 Å². The number of aryl methyl sites for hydroxylation is 2. The predicted octanol–water partition coefficient (Wildman–Crippen LogP) is 5.54. The normalized spacial score (nSPS) is 16.2. The highest BCUT2D eigenvalue weighted by molar-refractivity contribution is 8.00. The number of pyridine rings is 1. The van der Waals surface area contributed by atoms with E-state index in [1.807, 2.05) is 32.0 Å². The second-order valence-electron chi connectivity index (χ2n) is 8.84. The molecule has 1 amide bonds. The number of benzene rings is 2. The molecule has 1 aliphatic heterocycles. The number of anilines is 1. The van der Waals surface area contributed by atoms with E-state index < -0.39 is 10.0 Å². The van der Waals surface area contributed by atoms with Crippen molar-refractivity contribution in [2.45, 2.75) is 61.6 Å². The molecule has 1 saturated heterocycles. The highest BCUT2D eigenvalue weighted by Crippen LogP contribution is 2.29. The van der Waals surface area contributed by atoms with Crippen LogP contribution in [0.2, 0.25) is 0 Å². The molecule has 6 nitrogen and oxygen atoms in total. The van der Waals surface area contributed by atoms with Crippen LogP contribution in [0, 0.1) is 13.8 Å². The lowest BCUT2D eigenvalue weighted by Gasteiger charge is -2.20. The van der Waals surface area contributed by atoms with Crippen LogP contribution in [0.5, 0.6) is 0 Å². The number of amides is 1. The number of hydrogen-bond acceptors (Lipinski definition) is 5. The molecule has 3 aromatic rings. The molecule has 1 atom stereocenters. The van der Waals surface area contributed by atoms with Crippen LogP contribution >= 0.6 is 11.8 Å². The van der Waals surface area contributed by atoms with Crippen molar-refractivity contribution in [3.8, 4) is 0 Å². The number of fused-ring (bicyclic) bond motifs is 1. The van der Waals surface area contributed by atoms with Gasteiger partial charge in [0.2, 0.25) is 15.9 Å². The van der Waals surface area contributed by atoms with Crippen molar-refractivity contribution >= 4 is 44.3 Å². The SMILES string of the molecule is Cc1cc(SC(C)C(=O)Nc2ccc(S(=O)(=O)N3CCCCCC3)cc2)nc2c(C)cccc12. The monoisotopic (exact) mass is 497 g/mol. The van der Waals surface area contributed by atoms with Crippen LogP contribution in [0.15, 0.2) is 58.5 Å². The van der Waals surface area contributed by atoms with E-state index in [1.165, 1.54) is 11.8 Å². The zero-order chi connectivity index (χ0) is 24.3. The molecule has 1 aromatic heterocycles. The standard InChI is InChI=1S/C26H31N3O3S2/c1-18-9-8-10-23-19(2)17-24(28-25(18)23)33-20(3)26(30)27-21-11-13-22(14-12-21)34(31,32)29-15-6-4-5-7-16-29/h8-14,17,20H,4-7,15-16H2,1-3H3,(H,27,30). The third-order valence-corrected chi connectivity index (χ3v) is 9.15. The highest BCUT2D eigenvalue weighted by Gasteiger charge is 2.25. The lowest BCUT2D eigenvalue weighted by atomic mass is 10.1. The summed E-state index contributed by atoms with van der Waals surface area (Å²) >= 11 is 1.41. The van der Waals surface area contributed by atoms with Crippen molar-refractivity contribution in [3.63, 3.8) is 0 Å². The van der Waals surface area contributed by atoms with Crippen molar-refractivity contribution in [1.29, 1.82) is 0 Å². The highest BCUT2D eigenvalue weighted by atomic mass is 32.2. The number of nitrogens with one attached hydrogen (secondary N) is 1. The molecule has 34 heavy (non-hydrogen) atoms. The van der Waals surface area contributed by atoms with Gasteiger partial charge < -0.3 is 5.32 Å². The first-order chi connectivity index (χ1) is 16.3. The van der Waals surface area contributed by atoms with Gasteiger partial charge in [-0.05, 0) is 75.1 Å². The first kappa shape index (κ1) is 24.7. The molecule has 0 spiro atoms. The Morgan fingerprint density at radius 2 is 1.68 bits per heavy atom. The minimum absolute atomic E-state index is 0.155. The summed E-state index contributed by atoms with van der Waals surface area (Å²) in [6.45, 7) is 7.07. The molecule has 1 aliphatic rings. The zero-order valence-corrected chi connectivity index (χ0v) is 21.5. The summed E-state index contributed by atoms with van der Waals surface area (Å²) in [5, 5.41) is 4.46. The topological polar surface area (TPSA) is 79.4 Å². The predicted molar refractivity (Wildman–Crippen MR) is 139 cm³/mol. The summed E-state index contributed by atoms with van der Waals surface area (Å²) < 4.78 is 27.5.